The Bertz CT molecular complexity index is 405. The maximum Gasteiger partial charge on any atom is 0.123 e. The molecule has 3 heteroatoms. The molecule has 2 atom stereocenters. The smallest absolute Gasteiger partial charge is 0.123 e. The lowest BCUT2D eigenvalue weighted by Crippen LogP contribution is -2.46. The molecule has 1 heterocycles. The van der Waals surface area contributed by atoms with Crippen molar-refractivity contribution in [3.8, 4) is 0 Å². The molecular weight excluding hydrogens is 227 g/mol. The zero-order chi connectivity index (χ0) is 13.1. The van der Waals surface area contributed by atoms with Gasteiger partial charge in [0.1, 0.15) is 5.82 Å². The molecule has 2 N–H and O–H groups in total. The molecule has 2 unspecified atom stereocenters. The molecule has 2 nitrogen and oxygen atoms in total. The number of likely N-dealkylation sites (tertiary alicyclic amines) is 1. The van der Waals surface area contributed by atoms with E-state index in [4.69, 9.17) is 5.73 Å². The van der Waals surface area contributed by atoms with Gasteiger partial charge in [0.05, 0.1) is 0 Å². The quantitative estimate of drug-likeness (QED) is 0.893. The maximum absolute atomic E-state index is 13.0. The Balaban J connectivity index is 1.91. The van der Waals surface area contributed by atoms with Crippen molar-refractivity contribution in [1.29, 1.82) is 0 Å². The molecule has 0 radical (unpaired) electrons. The van der Waals surface area contributed by atoms with Gasteiger partial charge in [-0.25, -0.2) is 4.39 Å². The summed E-state index contributed by atoms with van der Waals surface area (Å²) in [6, 6.07) is 6.01. The van der Waals surface area contributed by atoms with Crippen LogP contribution in [0.4, 0.5) is 4.39 Å². The first kappa shape index (κ1) is 13.5. The van der Waals surface area contributed by atoms with Gasteiger partial charge in [-0.05, 0) is 62.9 Å². The fraction of sp³-hybridized carbons (Fsp3) is 0.600. The third kappa shape index (κ3) is 3.30. The number of rotatable bonds is 3. The largest absolute Gasteiger partial charge is 0.328 e. The Kier molecular flexibility index (Phi) is 4.36. The number of hydrogen-bond donors (Lipinski definition) is 1. The molecule has 100 valence electrons. The van der Waals surface area contributed by atoms with Crippen LogP contribution in [0.5, 0.6) is 0 Å². The van der Waals surface area contributed by atoms with Crippen molar-refractivity contribution in [2.24, 2.45) is 5.73 Å². The third-order valence-corrected chi connectivity index (χ3v) is 4.03. The van der Waals surface area contributed by atoms with Gasteiger partial charge in [0.2, 0.25) is 0 Å². The summed E-state index contributed by atoms with van der Waals surface area (Å²) in [6.45, 7) is 6.35. The van der Waals surface area contributed by atoms with Crippen LogP contribution in [0.2, 0.25) is 0 Å². The molecule has 1 aliphatic rings. The van der Waals surface area contributed by atoms with E-state index in [0.29, 0.717) is 12.1 Å². The summed E-state index contributed by atoms with van der Waals surface area (Å²) in [5, 5.41) is 0. The van der Waals surface area contributed by atoms with Gasteiger partial charge in [-0.3, -0.25) is 0 Å². The lowest BCUT2D eigenvalue weighted by Gasteiger charge is -2.36. The van der Waals surface area contributed by atoms with Crippen LogP contribution in [0.25, 0.3) is 0 Å². The number of halogens is 1. The van der Waals surface area contributed by atoms with Crippen molar-refractivity contribution < 1.29 is 4.39 Å². The fourth-order valence-corrected chi connectivity index (χ4v) is 2.79. The van der Waals surface area contributed by atoms with Crippen molar-refractivity contribution in [2.45, 2.75) is 45.2 Å². The van der Waals surface area contributed by atoms with Gasteiger partial charge in [0.15, 0.2) is 0 Å². The van der Waals surface area contributed by atoms with Gasteiger partial charge in [0.25, 0.3) is 0 Å². The Hall–Kier alpha value is -0.930. The normalized spacial score (nSPS) is 25.3. The molecule has 18 heavy (non-hydrogen) atoms. The maximum atomic E-state index is 13.0. The Labute approximate surface area is 109 Å². The van der Waals surface area contributed by atoms with E-state index < -0.39 is 0 Å². The molecule has 0 amide bonds. The van der Waals surface area contributed by atoms with Gasteiger partial charge in [0, 0.05) is 18.6 Å². The van der Waals surface area contributed by atoms with Gasteiger partial charge in [-0.1, -0.05) is 6.07 Å². The van der Waals surface area contributed by atoms with Crippen LogP contribution in [-0.2, 0) is 6.42 Å². The minimum atomic E-state index is -0.145. The summed E-state index contributed by atoms with van der Waals surface area (Å²) in [5.74, 6) is -0.145. The Morgan fingerprint density at radius 2 is 2.22 bits per heavy atom. The van der Waals surface area contributed by atoms with E-state index in [-0.39, 0.29) is 5.82 Å². The Morgan fingerprint density at radius 3 is 2.89 bits per heavy atom. The first-order valence-electron chi connectivity index (χ1n) is 6.81. The van der Waals surface area contributed by atoms with Gasteiger partial charge < -0.3 is 10.6 Å². The third-order valence-electron chi connectivity index (χ3n) is 4.03. The lowest BCUT2D eigenvalue weighted by atomic mass is 9.98. The summed E-state index contributed by atoms with van der Waals surface area (Å²) in [5.41, 5.74) is 8.27. The van der Waals surface area contributed by atoms with E-state index >= 15 is 0 Å². The summed E-state index contributed by atoms with van der Waals surface area (Å²) < 4.78 is 13.0. The highest BCUT2D eigenvalue weighted by Crippen LogP contribution is 2.17. The Morgan fingerprint density at radius 1 is 1.44 bits per heavy atom. The molecule has 0 saturated carbocycles. The standard InChI is InChI=1S/C15H23FN2/c1-11-9-14(16)4-3-13(11)5-7-18-8-6-15(17)10-12(18)2/h3-4,9,12,15H,5-8,10,17H2,1-2H3. The number of hydrogen-bond acceptors (Lipinski definition) is 2. The molecule has 1 fully saturated rings. The second-order valence-electron chi connectivity index (χ2n) is 5.49. The second kappa shape index (κ2) is 5.81. The first-order chi connectivity index (χ1) is 8.56. The van der Waals surface area contributed by atoms with Crippen molar-refractivity contribution in [3.05, 3.63) is 35.1 Å². The fourth-order valence-electron chi connectivity index (χ4n) is 2.79. The van der Waals surface area contributed by atoms with Gasteiger partial charge in [-0.15, -0.1) is 0 Å². The number of benzene rings is 1. The highest BCUT2D eigenvalue weighted by atomic mass is 19.1. The van der Waals surface area contributed by atoms with Crippen molar-refractivity contribution in [2.75, 3.05) is 13.1 Å². The van der Waals surface area contributed by atoms with Crippen LogP contribution in [0, 0.1) is 12.7 Å². The SMILES string of the molecule is Cc1cc(F)ccc1CCN1CCC(N)CC1C. The molecule has 0 spiro atoms. The highest BCUT2D eigenvalue weighted by molar-refractivity contribution is 5.26. The number of nitrogens with zero attached hydrogens (tertiary/aromatic N) is 1. The van der Waals surface area contributed by atoms with Crippen molar-refractivity contribution in [3.63, 3.8) is 0 Å². The molecule has 2 rings (SSSR count). The minimum absolute atomic E-state index is 0.145. The zero-order valence-corrected chi connectivity index (χ0v) is 11.3. The summed E-state index contributed by atoms with van der Waals surface area (Å²) >= 11 is 0. The predicted molar refractivity (Wildman–Crippen MR) is 73.1 cm³/mol. The summed E-state index contributed by atoms with van der Waals surface area (Å²) in [6.07, 6.45) is 3.17. The first-order valence-corrected chi connectivity index (χ1v) is 6.81. The van der Waals surface area contributed by atoms with Crippen LogP contribution in [-0.4, -0.2) is 30.1 Å². The number of piperidine rings is 1. The average molecular weight is 250 g/mol. The van der Waals surface area contributed by atoms with Crippen LogP contribution in [0.1, 0.15) is 30.9 Å². The summed E-state index contributed by atoms with van der Waals surface area (Å²) in [4.78, 5) is 2.49. The van der Waals surface area contributed by atoms with Crippen molar-refractivity contribution >= 4 is 0 Å². The molecule has 1 aromatic rings. The number of nitrogens with two attached hydrogens (primary N) is 1. The average Bonchev–Trinajstić information content (AvgIpc) is 2.30. The van der Waals surface area contributed by atoms with E-state index in [2.05, 4.69) is 11.8 Å². The molecule has 1 aliphatic heterocycles. The predicted octanol–water partition coefficient (Wildman–Crippen LogP) is 2.49. The van der Waals surface area contributed by atoms with E-state index in [1.807, 2.05) is 13.0 Å². The molecule has 0 aromatic heterocycles. The van der Waals surface area contributed by atoms with Crippen LogP contribution < -0.4 is 5.73 Å². The molecule has 0 aliphatic carbocycles. The van der Waals surface area contributed by atoms with E-state index in [9.17, 15) is 4.39 Å². The lowest BCUT2D eigenvalue weighted by molar-refractivity contribution is 0.149. The van der Waals surface area contributed by atoms with Crippen LogP contribution in [0.15, 0.2) is 18.2 Å². The van der Waals surface area contributed by atoms with Crippen LogP contribution in [0.3, 0.4) is 0 Å². The highest BCUT2D eigenvalue weighted by Gasteiger charge is 2.22. The number of aryl methyl sites for hydroxylation is 1. The van der Waals surface area contributed by atoms with Crippen LogP contribution >= 0.6 is 0 Å². The molecular formula is C15H23FN2. The summed E-state index contributed by atoms with van der Waals surface area (Å²) in [7, 11) is 0. The second-order valence-corrected chi connectivity index (χ2v) is 5.49. The topological polar surface area (TPSA) is 29.3 Å². The van der Waals surface area contributed by atoms with E-state index in [0.717, 1.165) is 37.9 Å². The van der Waals surface area contributed by atoms with Gasteiger partial charge in [-0.2, -0.15) is 0 Å². The molecule has 1 saturated heterocycles. The van der Waals surface area contributed by atoms with E-state index in [1.165, 1.54) is 5.56 Å². The zero-order valence-electron chi connectivity index (χ0n) is 11.3. The molecule has 1 aromatic carbocycles. The van der Waals surface area contributed by atoms with Gasteiger partial charge >= 0.3 is 0 Å². The van der Waals surface area contributed by atoms with E-state index in [1.54, 1.807) is 12.1 Å². The monoisotopic (exact) mass is 250 g/mol. The molecule has 0 bridgehead atoms. The van der Waals surface area contributed by atoms with Crippen molar-refractivity contribution in [1.82, 2.24) is 4.90 Å². The minimum Gasteiger partial charge on any atom is -0.328 e.